The molecule has 0 amide bonds. The number of benzene rings is 1. The van der Waals surface area contributed by atoms with E-state index in [1.165, 1.54) is 0 Å². The average molecular weight is 338 g/mol. The number of ether oxygens (including phenoxy) is 1. The van der Waals surface area contributed by atoms with Crippen molar-refractivity contribution in [2.24, 2.45) is 0 Å². The molecule has 0 aliphatic carbocycles. The van der Waals surface area contributed by atoms with Crippen LogP contribution in [0, 0.1) is 0 Å². The van der Waals surface area contributed by atoms with E-state index >= 15 is 0 Å². The molecule has 1 atom stereocenters. The molecule has 2 rings (SSSR count). The van der Waals surface area contributed by atoms with Gasteiger partial charge in [0.1, 0.15) is 12.4 Å². The third-order valence-electron chi connectivity index (χ3n) is 3.38. The third kappa shape index (κ3) is 4.52. The molecule has 1 aliphatic rings. The van der Waals surface area contributed by atoms with Gasteiger partial charge in [-0.05, 0) is 31.7 Å². The highest BCUT2D eigenvalue weighted by atomic mass is 35.5. The van der Waals surface area contributed by atoms with Gasteiger partial charge < -0.3 is 4.74 Å². The average Bonchev–Trinajstić information content (AvgIpc) is 2.68. The third-order valence-corrected chi connectivity index (χ3v) is 5.57. The first kappa shape index (κ1) is 15.9. The lowest BCUT2D eigenvalue weighted by molar-refractivity contribution is 0.202. The van der Waals surface area contributed by atoms with Gasteiger partial charge in [-0.1, -0.05) is 23.2 Å². The molecule has 1 fully saturated rings. The Morgan fingerprint density at radius 3 is 2.50 bits per heavy atom. The van der Waals surface area contributed by atoms with Crippen molar-refractivity contribution in [1.82, 2.24) is 4.90 Å². The summed E-state index contributed by atoms with van der Waals surface area (Å²) >= 11 is 11.8. The molecule has 4 nitrogen and oxygen atoms in total. The first-order chi connectivity index (χ1) is 9.35. The van der Waals surface area contributed by atoms with E-state index in [1.54, 1.807) is 18.2 Å². The Kier molecular flexibility index (Phi) is 5.18. The van der Waals surface area contributed by atoms with Crippen LogP contribution in [0.1, 0.15) is 6.42 Å². The Hall–Kier alpha value is -0.490. The molecule has 1 aliphatic heterocycles. The lowest BCUT2D eigenvalue weighted by Crippen LogP contribution is -2.35. The molecule has 20 heavy (non-hydrogen) atoms. The van der Waals surface area contributed by atoms with Crippen LogP contribution in [-0.4, -0.2) is 51.1 Å². The van der Waals surface area contributed by atoms with Gasteiger partial charge in [0, 0.05) is 22.6 Å². The predicted octanol–water partition coefficient (Wildman–Crippen LogP) is 2.49. The van der Waals surface area contributed by atoms with Crippen LogP contribution in [-0.2, 0) is 9.84 Å². The van der Waals surface area contributed by atoms with Gasteiger partial charge in [-0.2, -0.15) is 0 Å². The van der Waals surface area contributed by atoms with Crippen molar-refractivity contribution in [1.29, 1.82) is 0 Å². The van der Waals surface area contributed by atoms with Gasteiger partial charge in [0.25, 0.3) is 0 Å². The van der Waals surface area contributed by atoms with Gasteiger partial charge in [0.05, 0.1) is 11.5 Å². The second-order valence-electron chi connectivity index (χ2n) is 4.99. The minimum atomic E-state index is -2.85. The quantitative estimate of drug-likeness (QED) is 0.828. The number of nitrogens with zero attached hydrogens (tertiary/aromatic N) is 1. The lowest BCUT2D eigenvalue weighted by Gasteiger charge is -2.22. The van der Waals surface area contributed by atoms with Crippen LogP contribution in [0.4, 0.5) is 0 Å². The molecule has 7 heteroatoms. The van der Waals surface area contributed by atoms with Crippen molar-refractivity contribution in [2.75, 3.05) is 31.7 Å². The fourth-order valence-electron chi connectivity index (χ4n) is 2.22. The maximum Gasteiger partial charge on any atom is 0.151 e. The van der Waals surface area contributed by atoms with Crippen LogP contribution in [0.3, 0.4) is 0 Å². The second-order valence-corrected chi connectivity index (χ2v) is 8.09. The lowest BCUT2D eigenvalue weighted by atomic mass is 10.2. The van der Waals surface area contributed by atoms with E-state index in [-0.39, 0.29) is 17.5 Å². The summed E-state index contributed by atoms with van der Waals surface area (Å²) in [6.45, 7) is 1.12. The van der Waals surface area contributed by atoms with Crippen LogP contribution in [0.15, 0.2) is 18.2 Å². The summed E-state index contributed by atoms with van der Waals surface area (Å²) < 4.78 is 28.4. The molecular weight excluding hydrogens is 321 g/mol. The van der Waals surface area contributed by atoms with Gasteiger partial charge in [-0.15, -0.1) is 0 Å². The van der Waals surface area contributed by atoms with E-state index in [4.69, 9.17) is 27.9 Å². The zero-order chi connectivity index (χ0) is 14.8. The number of sulfone groups is 1. The highest BCUT2D eigenvalue weighted by Gasteiger charge is 2.30. The van der Waals surface area contributed by atoms with Gasteiger partial charge in [-0.3, -0.25) is 4.90 Å². The molecule has 0 spiro atoms. The van der Waals surface area contributed by atoms with E-state index in [0.717, 1.165) is 0 Å². The van der Waals surface area contributed by atoms with E-state index in [2.05, 4.69) is 0 Å². The SMILES string of the molecule is CN(CCOc1cc(Cl)cc(Cl)c1)C1CCS(=O)(=O)C1. The Balaban J connectivity index is 1.81. The summed E-state index contributed by atoms with van der Waals surface area (Å²) in [5.74, 6) is 1.15. The summed E-state index contributed by atoms with van der Waals surface area (Å²) in [5, 5.41) is 1.06. The topological polar surface area (TPSA) is 46.6 Å². The van der Waals surface area contributed by atoms with Crippen LogP contribution < -0.4 is 4.74 Å². The molecule has 0 radical (unpaired) electrons. The Labute approximate surface area is 129 Å². The van der Waals surface area contributed by atoms with Gasteiger partial charge in [-0.25, -0.2) is 8.42 Å². The first-order valence-corrected chi connectivity index (χ1v) is 8.93. The highest BCUT2D eigenvalue weighted by Crippen LogP contribution is 2.24. The zero-order valence-corrected chi connectivity index (χ0v) is 13.5. The molecule has 1 aromatic carbocycles. The molecule has 0 N–H and O–H groups in total. The van der Waals surface area contributed by atoms with E-state index in [1.807, 2.05) is 11.9 Å². The molecule has 0 aromatic heterocycles. The largest absolute Gasteiger partial charge is 0.492 e. The molecular formula is C13H17Cl2NO3S. The molecule has 0 saturated carbocycles. The molecule has 1 heterocycles. The van der Waals surface area contributed by atoms with Crippen LogP contribution >= 0.6 is 23.2 Å². The van der Waals surface area contributed by atoms with Crippen molar-refractivity contribution in [2.45, 2.75) is 12.5 Å². The minimum Gasteiger partial charge on any atom is -0.492 e. The summed E-state index contributed by atoms with van der Waals surface area (Å²) in [4.78, 5) is 2.02. The fraction of sp³-hybridized carbons (Fsp3) is 0.538. The monoisotopic (exact) mass is 337 g/mol. The predicted molar refractivity (Wildman–Crippen MR) is 81.6 cm³/mol. The maximum absolute atomic E-state index is 11.4. The first-order valence-electron chi connectivity index (χ1n) is 6.35. The van der Waals surface area contributed by atoms with E-state index < -0.39 is 9.84 Å². The molecule has 1 aromatic rings. The summed E-state index contributed by atoms with van der Waals surface area (Å²) in [7, 11) is -0.930. The van der Waals surface area contributed by atoms with Crippen molar-refractivity contribution in [3.63, 3.8) is 0 Å². The molecule has 112 valence electrons. The summed E-state index contributed by atoms with van der Waals surface area (Å²) in [6, 6.07) is 5.14. The molecule has 0 bridgehead atoms. The van der Waals surface area contributed by atoms with Crippen molar-refractivity contribution >= 4 is 33.0 Å². The van der Waals surface area contributed by atoms with Crippen molar-refractivity contribution < 1.29 is 13.2 Å². The summed E-state index contributed by atoms with van der Waals surface area (Å²) in [5.41, 5.74) is 0. The maximum atomic E-state index is 11.4. The Morgan fingerprint density at radius 1 is 1.30 bits per heavy atom. The van der Waals surface area contributed by atoms with E-state index in [9.17, 15) is 8.42 Å². The number of rotatable bonds is 5. The number of halogens is 2. The minimum absolute atomic E-state index is 0.0894. The number of likely N-dealkylation sites (N-methyl/N-ethyl adjacent to an activating group) is 1. The van der Waals surface area contributed by atoms with Crippen LogP contribution in [0.25, 0.3) is 0 Å². The van der Waals surface area contributed by atoms with Gasteiger partial charge >= 0.3 is 0 Å². The zero-order valence-electron chi connectivity index (χ0n) is 11.2. The highest BCUT2D eigenvalue weighted by molar-refractivity contribution is 7.91. The summed E-state index contributed by atoms with van der Waals surface area (Å²) in [6.07, 6.45) is 0.696. The van der Waals surface area contributed by atoms with Crippen LogP contribution in [0.2, 0.25) is 10.0 Å². The normalized spacial score (nSPS) is 21.3. The van der Waals surface area contributed by atoms with Crippen molar-refractivity contribution in [3.8, 4) is 5.75 Å². The smallest absolute Gasteiger partial charge is 0.151 e. The number of hydrogen-bond acceptors (Lipinski definition) is 4. The molecule has 1 saturated heterocycles. The second kappa shape index (κ2) is 6.52. The van der Waals surface area contributed by atoms with Crippen molar-refractivity contribution in [3.05, 3.63) is 28.2 Å². The standard InChI is InChI=1S/C13H17Cl2NO3S/c1-16(12-2-5-20(17,18)9-12)3-4-19-13-7-10(14)6-11(15)8-13/h6-8,12H,2-5,9H2,1H3. The molecule has 1 unspecified atom stereocenters. The fourth-order valence-corrected chi connectivity index (χ4v) is 4.54. The Morgan fingerprint density at radius 2 is 1.95 bits per heavy atom. The number of hydrogen-bond donors (Lipinski definition) is 0. The van der Waals surface area contributed by atoms with Gasteiger partial charge in [0.2, 0.25) is 0 Å². The van der Waals surface area contributed by atoms with Crippen LogP contribution in [0.5, 0.6) is 5.75 Å². The Bertz CT molecular complexity index is 557. The van der Waals surface area contributed by atoms with E-state index in [0.29, 0.717) is 35.4 Å². The van der Waals surface area contributed by atoms with Gasteiger partial charge in [0.15, 0.2) is 9.84 Å².